The minimum absolute atomic E-state index is 0.218. The molecule has 4 N–H and O–H groups in total. The molecule has 0 fully saturated rings. The quantitative estimate of drug-likeness (QED) is 0.303. The first kappa shape index (κ1) is 25.0. The number of nitrogens with zero attached hydrogens (tertiary/aromatic N) is 2. The average Bonchev–Trinajstić information content (AvgIpc) is 3.18. The van der Waals surface area contributed by atoms with Crippen LogP contribution in [0.25, 0.3) is 0 Å². The highest BCUT2D eigenvalue weighted by Gasteiger charge is 2.24. The Morgan fingerprint density at radius 1 is 1.11 bits per heavy atom. The highest BCUT2D eigenvalue weighted by molar-refractivity contribution is 7.92. The van der Waals surface area contributed by atoms with Gasteiger partial charge in [0.15, 0.2) is 0 Å². The molecular formula is C21H19N5O8S-2. The van der Waals surface area contributed by atoms with E-state index in [1.165, 1.54) is 29.9 Å². The smallest absolute Gasteiger partial charge is 0.335 e. The summed E-state index contributed by atoms with van der Waals surface area (Å²) in [4.78, 5) is 34.6. The fourth-order valence-corrected chi connectivity index (χ4v) is 4.34. The van der Waals surface area contributed by atoms with Gasteiger partial charge in [-0.1, -0.05) is 17.9 Å². The number of amides is 1. The highest BCUT2D eigenvalue weighted by atomic mass is 32.2. The van der Waals surface area contributed by atoms with Gasteiger partial charge in [-0.05, 0) is 31.2 Å². The van der Waals surface area contributed by atoms with Gasteiger partial charge in [-0.3, -0.25) is 14.2 Å². The van der Waals surface area contributed by atoms with Crippen molar-refractivity contribution in [1.29, 1.82) is 0 Å². The van der Waals surface area contributed by atoms with Crippen LogP contribution in [0, 0.1) is 0 Å². The summed E-state index contributed by atoms with van der Waals surface area (Å²) in [5.74, 6) is -4.34. The first-order chi connectivity index (χ1) is 16.4. The molecular weight excluding hydrogens is 482 g/mol. The fraction of sp³-hybridized carbons (Fsp3) is 0.143. The van der Waals surface area contributed by atoms with E-state index in [0.717, 1.165) is 24.3 Å². The van der Waals surface area contributed by atoms with E-state index in [2.05, 4.69) is 15.7 Å². The Morgan fingerprint density at radius 3 is 2.40 bits per heavy atom. The first-order valence-corrected chi connectivity index (χ1v) is 11.4. The predicted molar refractivity (Wildman–Crippen MR) is 119 cm³/mol. The minimum atomic E-state index is -4.64. The maximum Gasteiger partial charge on any atom is 0.335 e. The van der Waals surface area contributed by atoms with E-state index in [-0.39, 0.29) is 11.3 Å². The lowest BCUT2D eigenvalue weighted by atomic mass is 10.1. The molecule has 0 saturated carbocycles. The SMILES string of the molecule is CC(Nc1cccc(S(=O)(=O)Nc2ccc(C(=O)O)cc2[O-])c1C(=O)[O-])C(=O)Nc1ccnn1C. The third kappa shape index (κ3) is 5.50. The van der Waals surface area contributed by atoms with Crippen LogP contribution in [0.15, 0.2) is 53.6 Å². The maximum atomic E-state index is 12.9. The molecule has 1 aromatic heterocycles. The lowest BCUT2D eigenvalue weighted by Crippen LogP contribution is -2.34. The molecule has 1 heterocycles. The van der Waals surface area contributed by atoms with Gasteiger partial charge < -0.3 is 30.7 Å². The van der Waals surface area contributed by atoms with Gasteiger partial charge in [0, 0.05) is 30.1 Å². The molecule has 0 spiro atoms. The van der Waals surface area contributed by atoms with Crippen LogP contribution in [0.5, 0.6) is 5.75 Å². The number of aromatic nitrogens is 2. The van der Waals surface area contributed by atoms with Crippen molar-refractivity contribution in [2.24, 2.45) is 7.05 Å². The van der Waals surface area contributed by atoms with Gasteiger partial charge in [0.2, 0.25) is 5.91 Å². The zero-order valence-electron chi connectivity index (χ0n) is 18.3. The Morgan fingerprint density at radius 2 is 1.83 bits per heavy atom. The standard InChI is InChI=1S/C21H21N5O8S/c1-11(19(28)24-17-8-9-22-26(17)2)23-14-4-3-5-16(18(14)21(31)32)35(33,34)25-13-7-6-12(20(29)30)10-15(13)27/h3-11,23,25,27H,1-2H3,(H,24,28)(H,29,30)(H,31,32)/p-2. The van der Waals surface area contributed by atoms with E-state index in [1.54, 1.807) is 13.1 Å². The van der Waals surface area contributed by atoms with Gasteiger partial charge in [-0.25, -0.2) is 13.2 Å². The van der Waals surface area contributed by atoms with Crippen LogP contribution in [0.2, 0.25) is 0 Å². The zero-order valence-corrected chi connectivity index (χ0v) is 19.1. The molecule has 1 unspecified atom stereocenters. The van der Waals surface area contributed by atoms with Crippen molar-refractivity contribution in [2.75, 3.05) is 15.4 Å². The molecule has 184 valence electrons. The number of hydrogen-bond donors (Lipinski definition) is 4. The fourth-order valence-electron chi connectivity index (χ4n) is 3.06. The molecule has 3 rings (SSSR count). The lowest BCUT2D eigenvalue weighted by Gasteiger charge is -2.22. The van der Waals surface area contributed by atoms with E-state index in [4.69, 9.17) is 5.11 Å². The summed E-state index contributed by atoms with van der Waals surface area (Å²) >= 11 is 0. The average molecular weight is 501 g/mol. The Balaban J connectivity index is 1.91. The molecule has 3 aromatic rings. The number of rotatable bonds is 9. The van der Waals surface area contributed by atoms with Crippen LogP contribution in [-0.4, -0.2) is 47.2 Å². The van der Waals surface area contributed by atoms with Crippen molar-refractivity contribution in [3.63, 3.8) is 0 Å². The van der Waals surface area contributed by atoms with Crippen LogP contribution < -0.4 is 25.6 Å². The molecule has 0 saturated heterocycles. The monoisotopic (exact) mass is 501 g/mol. The molecule has 2 aromatic carbocycles. The van der Waals surface area contributed by atoms with E-state index in [1.807, 2.05) is 4.72 Å². The second-order valence-corrected chi connectivity index (χ2v) is 8.93. The molecule has 14 heteroatoms. The summed E-state index contributed by atoms with van der Waals surface area (Å²) in [6.45, 7) is 1.43. The molecule has 0 aliphatic rings. The molecule has 0 radical (unpaired) electrons. The third-order valence-electron chi connectivity index (χ3n) is 4.83. The van der Waals surface area contributed by atoms with Crippen molar-refractivity contribution >= 4 is 45.1 Å². The molecule has 0 bridgehead atoms. The van der Waals surface area contributed by atoms with Gasteiger partial charge >= 0.3 is 5.97 Å². The van der Waals surface area contributed by atoms with Gasteiger partial charge in [0.25, 0.3) is 10.0 Å². The maximum absolute atomic E-state index is 12.9. The number of hydrogen-bond acceptors (Lipinski definition) is 9. The molecule has 1 atom stereocenters. The van der Waals surface area contributed by atoms with Gasteiger partial charge in [-0.15, -0.1) is 0 Å². The van der Waals surface area contributed by atoms with E-state index >= 15 is 0 Å². The topological polar surface area (TPSA) is 206 Å². The molecule has 13 nitrogen and oxygen atoms in total. The number of sulfonamides is 1. The Kier molecular flexibility index (Phi) is 6.96. The normalized spacial score (nSPS) is 11.9. The predicted octanol–water partition coefficient (Wildman–Crippen LogP) is -0.205. The summed E-state index contributed by atoms with van der Waals surface area (Å²) in [6, 6.07) is 6.69. The van der Waals surface area contributed by atoms with Gasteiger partial charge in [0.05, 0.1) is 22.6 Å². The van der Waals surface area contributed by atoms with Crippen molar-refractivity contribution in [2.45, 2.75) is 17.9 Å². The summed E-state index contributed by atoms with van der Waals surface area (Å²) in [6.07, 6.45) is 1.46. The summed E-state index contributed by atoms with van der Waals surface area (Å²) in [5, 5.41) is 42.1. The number of nitrogens with one attached hydrogen (secondary N) is 3. The Bertz CT molecular complexity index is 1420. The van der Waals surface area contributed by atoms with Crippen LogP contribution in [0.1, 0.15) is 27.6 Å². The zero-order chi connectivity index (χ0) is 25.9. The molecule has 0 aliphatic carbocycles. The number of aromatic carboxylic acids is 2. The number of benzene rings is 2. The molecule has 0 aliphatic heterocycles. The number of aryl methyl sites for hydroxylation is 1. The van der Waals surface area contributed by atoms with Crippen LogP contribution in [-0.2, 0) is 21.9 Å². The van der Waals surface area contributed by atoms with Crippen molar-refractivity contribution in [3.05, 3.63) is 59.8 Å². The number of anilines is 3. The molecule has 35 heavy (non-hydrogen) atoms. The number of carbonyl (C=O) groups is 3. The second kappa shape index (κ2) is 9.72. The van der Waals surface area contributed by atoms with Crippen molar-refractivity contribution in [3.8, 4) is 5.75 Å². The molecule has 1 amide bonds. The minimum Gasteiger partial charge on any atom is -0.871 e. The Hall–Kier alpha value is -4.59. The number of carboxylic acid groups (broad SMARTS) is 2. The van der Waals surface area contributed by atoms with Crippen LogP contribution >= 0.6 is 0 Å². The van der Waals surface area contributed by atoms with Gasteiger partial charge in [-0.2, -0.15) is 5.10 Å². The second-order valence-electron chi connectivity index (χ2n) is 7.28. The van der Waals surface area contributed by atoms with E-state index in [0.29, 0.717) is 5.82 Å². The van der Waals surface area contributed by atoms with Crippen molar-refractivity contribution in [1.82, 2.24) is 9.78 Å². The van der Waals surface area contributed by atoms with Crippen LogP contribution in [0.4, 0.5) is 17.2 Å². The van der Waals surface area contributed by atoms with E-state index in [9.17, 15) is 33.0 Å². The highest BCUT2D eigenvalue weighted by Crippen LogP contribution is 2.29. The Labute approximate surface area is 199 Å². The van der Waals surface area contributed by atoms with Crippen molar-refractivity contribution < 1.29 is 38.1 Å². The van der Waals surface area contributed by atoms with E-state index < -0.39 is 55.8 Å². The summed E-state index contributed by atoms with van der Waals surface area (Å²) in [7, 11) is -3.04. The first-order valence-electron chi connectivity index (χ1n) is 9.87. The largest absolute Gasteiger partial charge is 0.871 e. The number of carbonyl (C=O) groups excluding carboxylic acids is 2. The van der Waals surface area contributed by atoms with Gasteiger partial charge in [0.1, 0.15) is 11.9 Å². The number of carboxylic acids is 2. The summed E-state index contributed by atoms with van der Waals surface area (Å²) in [5.41, 5.74) is -1.82. The third-order valence-corrected chi connectivity index (χ3v) is 6.24. The summed E-state index contributed by atoms with van der Waals surface area (Å²) < 4.78 is 29.3. The van der Waals surface area contributed by atoms with Crippen LogP contribution in [0.3, 0.4) is 0 Å². The lowest BCUT2D eigenvalue weighted by molar-refractivity contribution is -0.267.